The van der Waals surface area contributed by atoms with E-state index in [-0.39, 0.29) is 39.7 Å². The second-order valence-electron chi connectivity index (χ2n) is 10.2. The minimum absolute atomic E-state index is 0. The van der Waals surface area contributed by atoms with Gasteiger partial charge in [-0.3, -0.25) is 9.89 Å². The number of hydrogen-bond acceptors (Lipinski definition) is 5. The maximum absolute atomic E-state index is 14.5. The van der Waals surface area contributed by atoms with Gasteiger partial charge in [-0.05, 0) is 36.6 Å². The minimum atomic E-state index is -1.75. The van der Waals surface area contributed by atoms with Crippen molar-refractivity contribution in [1.82, 2.24) is 4.90 Å². The number of halogens is 1. The van der Waals surface area contributed by atoms with Crippen LogP contribution in [0.3, 0.4) is 0 Å². The van der Waals surface area contributed by atoms with E-state index in [1.807, 2.05) is 36.4 Å². The van der Waals surface area contributed by atoms with Gasteiger partial charge in [0.05, 0.1) is 17.7 Å². The molecule has 4 aromatic carbocycles. The molecule has 0 spiro atoms. The summed E-state index contributed by atoms with van der Waals surface area (Å²) in [5, 5.41) is 25.6. The van der Waals surface area contributed by atoms with E-state index in [9.17, 15) is 24.2 Å². The van der Waals surface area contributed by atoms with Gasteiger partial charge < -0.3 is 20.3 Å². The van der Waals surface area contributed by atoms with E-state index < -0.39 is 23.9 Å². The number of para-hydroxylation sites is 1. The van der Waals surface area contributed by atoms with Crippen LogP contribution in [0.15, 0.2) is 114 Å². The van der Waals surface area contributed by atoms with Crippen LogP contribution in [0.1, 0.15) is 41.2 Å². The topological polar surface area (TPSA) is 104 Å². The first kappa shape index (κ1) is 31.8. The molecule has 0 aliphatic carbocycles. The Morgan fingerprint density at radius 3 is 2.23 bits per heavy atom. The molecule has 0 saturated carbocycles. The van der Waals surface area contributed by atoms with Crippen LogP contribution in [0.5, 0.6) is 0 Å². The van der Waals surface area contributed by atoms with E-state index in [1.165, 1.54) is 18.2 Å². The summed E-state index contributed by atoms with van der Waals surface area (Å²) in [6.45, 7) is 1.42. The number of carbonyl (C=O) groups excluding carboxylic acids is 1. The molecule has 9 heteroatoms. The number of amides is 1. The fraction of sp³-hybridized carbons (Fsp3) is 0.206. The number of likely N-dealkylation sites (tertiary alicyclic amines) is 1. The Morgan fingerprint density at radius 2 is 1.53 bits per heavy atom. The average Bonchev–Trinajstić information content (AvgIpc) is 3.47. The Morgan fingerprint density at radius 1 is 0.907 bits per heavy atom. The summed E-state index contributed by atoms with van der Waals surface area (Å²) in [7, 11) is 0. The van der Waals surface area contributed by atoms with Crippen LogP contribution in [0.2, 0.25) is 0 Å². The number of rotatable bonds is 10. The van der Waals surface area contributed by atoms with Gasteiger partial charge in [0.2, 0.25) is 0 Å². The fourth-order valence-electron chi connectivity index (χ4n) is 5.26. The summed E-state index contributed by atoms with van der Waals surface area (Å²) in [6, 6.07) is 29.1. The third kappa shape index (κ3) is 7.62. The van der Waals surface area contributed by atoms with Crippen molar-refractivity contribution in [1.29, 1.82) is 0 Å². The first-order valence-corrected chi connectivity index (χ1v) is 13.8. The summed E-state index contributed by atoms with van der Waals surface area (Å²) in [4.78, 5) is 32.6. The molecule has 7 nitrogen and oxygen atoms in total. The van der Waals surface area contributed by atoms with Crippen LogP contribution in [-0.4, -0.2) is 51.3 Å². The van der Waals surface area contributed by atoms with E-state index in [2.05, 4.69) is 15.2 Å². The Bertz CT molecular complexity index is 1570. The molecule has 0 radical (unpaired) electrons. The van der Waals surface area contributed by atoms with Gasteiger partial charge in [-0.2, -0.15) is 0 Å². The molecule has 2 N–H and O–H groups in total. The molecule has 43 heavy (non-hydrogen) atoms. The van der Waals surface area contributed by atoms with Crippen LogP contribution >= 0.6 is 0 Å². The van der Waals surface area contributed by atoms with Crippen molar-refractivity contribution >= 4 is 23.3 Å². The number of carboxylic acid groups (broad SMARTS) is 1. The Labute approximate surface area is 260 Å². The molecule has 224 valence electrons. The van der Waals surface area contributed by atoms with Gasteiger partial charge in [0.15, 0.2) is 6.04 Å². The molecule has 4 aromatic rings. The number of carboxylic acids is 1. The van der Waals surface area contributed by atoms with Gasteiger partial charge in [-0.25, -0.2) is 9.18 Å². The molecule has 0 bridgehead atoms. The van der Waals surface area contributed by atoms with Crippen LogP contribution in [0.25, 0.3) is 5.32 Å². The zero-order chi connectivity index (χ0) is 29.5. The second-order valence-corrected chi connectivity index (χ2v) is 10.2. The normalized spacial score (nSPS) is 16.6. The van der Waals surface area contributed by atoms with Gasteiger partial charge in [0.1, 0.15) is 11.9 Å². The molecule has 1 amide bonds. The van der Waals surface area contributed by atoms with Crippen molar-refractivity contribution in [2.24, 2.45) is 4.99 Å². The standard InChI is InChI=1S/C34H32FN3O4.Ni/c35-27-18-9-7-16-25(27)32(39)31(34(41)42)37-30(24-14-5-2-6-15-24)26-17-8-10-19-28(26)36-33(40)29-20-11-21-38(29)22-23-12-3-1-4-13-23;/h1-10,12-19,29,31-32,39H,11,20-22H2,(H2,36,37,40,41,42);/p-1/t29-,31+,32-;/m0./s1. The molecule has 3 atom stereocenters. The number of carbonyl (C=O) groups is 2. The number of aliphatic hydroxyl groups excluding tert-OH is 1. The van der Waals surface area contributed by atoms with E-state index in [0.717, 1.165) is 24.6 Å². The minimum Gasteiger partial charge on any atom is -0.625 e. The Hall–Kier alpha value is -4.17. The number of hydrogen-bond donors (Lipinski definition) is 2. The van der Waals surface area contributed by atoms with Crippen molar-refractivity contribution in [3.05, 3.63) is 143 Å². The number of benzene rings is 4. The second kappa shape index (κ2) is 14.8. The van der Waals surface area contributed by atoms with Gasteiger partial charge in [-0.1, -0.05) is 103 Å². The SMILES string of the molecule is O=C(O)[C@H](N=C(c1ccccc1)c1ccccc1[N-]C(=O)[C@@H]1CCCN1Cc1ccccc1)[C@@H](O)c1ccccc1F.[Ni]. The maximum atomic E-state index is 14.5. The maximum Gasteiger partial charge on any atom is 0.331 e. The predicted octanol–water partition coefficient (Wildman–Crippen LogP) is 6.04. The summed E-state index contributed by atoms with van der Waals surface area (Å²) >= 11 is 0. The summed E-state index contributed by atoms with van der Waals surface area (Å²) in [5.74, 6) is -2.44. The zero-order valence-corrected chi connectivity index (χ0v) is 24.2. The first-order valence-electron chi connectivity index (χ1n) is 13.8. The number of aliphatic hydroxyl groups is 1. The van der Waals surface area contributed by atoms with E-state index in [1.54, 1.807) is 48.5 Å². The quantitative estimate of drug-likeness (QED) is 0.166. The molecule has 1 heterocycles. The monoisotopic (exact) mass is 622 g/mol. The van der Waals surface area contributed by atoms with Crippen molar-refractivity contribution in [3.63, 3.8) is 0 Å². The van der Waals surface area contributed by atoms with Gasteiger partial charge in [0, 0.05) is 34.2 Å². The number of aliphatic imine (C=N–C) groups is 1. The summed E-state index contributed by atoms with van der Waals surface area (Å²) in [6.07, 6.45) is -0.184. The van der Waals surface area contributed by atoms with Crippen molar-refractivity contribution < 1.29 is 40.7 Å². The van der Waals surface area contributed by atoms with E-state index in [0.29, 0.717) is 29.8 Å². The van der Waals surface area contributed by atoms with Crippen molar-refractivity contribution in [3.8, 4) is 0 Å². The van der Waals surface area contributed by atoms with Crippen LogP contribution < -0.4 is 0 Å². The van der Waals surface area contributed by atoms with Gasteiger partial charge >= 0.3 is 5.97 Å². The molecular formula is C34H31FN3NiO4-. The molecule has 1 aliphatic rings. The van der Waals surface area contributed by atoms with Crippen LogP contribution in [0, 0.1) is 5.82 Å². The Balaban J connectivity index is 0.00000423. The molecular weight excluding hydrogens is 592 g/mol. The molecule has 0 unspecified atom stereocenters. The van der Waals surface area contributed by atoms with Crippen molar-refractivity contribution in [2.75, 3.05) is 6.54 Å². The number of aliphatic carboxylic acids is 1. The summed E-state index contributed by atoms with van der Waals surface area (Å²) < 4.78 is 14.5. The van der Waals surface area contributed by atoms with E-state index in [4.69, 9.17) is 0 Å². The van der Waals surface area contributed by atoms with Crippen molar-refractivity contribution in [2.45, 2.75) is 37.6 Å². The molecule has 1 fully saturated rings. The van der Waals surface area contributed by atoms with Gasteiger partial charge in [0.25, 0.3) is 0 Å². The average molecular weight is 623 g/mol. The first-order chi connectivity index (χ1) is 20.4. The van der Waals surface area contributed by atoms with Gasteiger partial charge in [-0.15, -0.1) is 5.69 Å². The van der Waals surface area contributed by atoms with Crippen LogP contribution in [-0.2, 0) is 32.6 Å². The Kier molecular flexibility index (Phi) is 11.0. The fourth-order valence-corrected chi connectivity index (χ4v) is 5.26. The largest absolute Gasteiger partial charge is 0.625 e. The molecule has 1 saturated heterocycles. The summed E-state index contributed by atoms with van der Waals surface area (Å²) in [5.41, 5.74) is 2.49. The van der Waals surface area contributed by atoms with Crippen LogP contribution in [0.4, 0.5) is 10.1 Å². The third-order valence-electron chi connectivity index (χ3n) is 7.36. The zero-order valence-electron chi connectivity index (χ0n) is 23.2. The number of nitrogens with zero attached hydrogens (tertiary/aromatic N) is 3. The predicted molar refractivity (Wildman–Crippen MR) is 159 cm³/mol. The molecule has 1 aliphatic heterocycles. The third-order valence-corrected chi connectivity index (χ3v) is 7.36. The molecule has 0 aromatic heterocycles. The smallest absolute Gasteiger partial charge is 0.331 e. The van der Waals surface area contributed by atoms with E-state index >= 15 is 0 Å². The molecule has 5 rings (SSSR count).